The Balaban J connectivity index is 1.95. The maximum atomic E-state index is 10.8. The van der Waals surface area contributed by atoms with Crippen LogP contribution in [0.4, 0.5) is 0 Å². The third-order valence-electron chi connectivity index (χ3n) is 3.05. The molecule has 5 nitrogen and oxygen atoms in total. The topological polar surface area (TPSA) is 81.4 Å². The number of hydrogen-bond donors (Lipinski definition) is 2. The van der Waals surface area contributed by atoms with E-state index in [-0.39, 0.29) is 11.8 Å². The summed E-state index contributed by atoms with van der Waals surface area (Å²) in [5.41, 5.74) is 2.35. The predicted molar refractivity (Wildman–Crippen MR) is 70.0 cm³/mol. The van der Waals surface area contributed by atoms with E-state index in [0.29, 0.717) is 6.54 Å². The van der Waals surface area contributed by atoms with Crippen LogP contribution < -0.4 is 15.2 Å². The van der Waals surface area contributed by atoms with E-state index in [2.05, 4.69) is 11.4 Å². The van der Waals surface area contributed by atoms with E-state index in [9.17, 15) is 8.42 Å². The van der Waals surface area contributed by atoms with Crippen molar-refractivity contribution < 1.29 is 13.2 Å². The fraction of sp³-hybridized carbons (Fsp3) is 0.500. The molecule has 0 bridgehead atoms. The van der Waals surface area contributed by atoms with Crippen LogP contribution in [0, 0.1) is 0 Å². The number of hydrogen-bond acceptors (Lipinski definition) is 4. The van der Waals surface area contributed by atoms with Gasteiger partial charge >= 0.3 is 0 Å². The lowest BCUT2D eigenvalue weighted by atomic mass is 10.0. The molecule has 0 saturated heterocycles. The monoisotopic (exact) mass is 270 g/mol. The molecule has 1 aromatic rings. The molecule has 0 amide bonds. The third-order valence-corrected chi connectivity index (χ3v) is 3.82. The molecule has 1 atom stereocenters. The Morgan fingerprint density at radius 2 is 2.28 bits per heavy atom. The lowest BCUT2D eigenvalue weighted by Gasteiger charge is -2.14. The summed E-state index contributed by atoms with van der Waals surface area (Å²) in [5.74, 6) is 0.904. The molecule has 0 aromatic heterocycles. The van der Waals surface area contributed by atoms with Gasteiger partial charge in [-0.3, -0.25) is 0 Å². The zero-order valence-electron chi connectivity index (χ0n) is 10.3. The fourth-order valence-corrected chi connectivity index (χ4v) is 2.41. The summed E-state index contributed by atoms with van der Waals surface area (Å²) in [7, 11) is -3.39. The van der Waals surface area contributed by atoms with Crippen molar-refractivity contribution >= 4 is 10.0 Å². The van der Waals surface area contributed by atoms with Crippen molar-refractivity contribution in [2.24, 2.45) is 5.14 Å². The largest absolute Gasteiger partial charge is 0.493 e. The van der Waals surface area contributed by atoms with Gasteiger partial charge in [0.05, 0.1) is 12.4 Å². The summed E-state index contributed by atoms with van der Waals surface area (Å²) in [4.78, 5) is 0. The second-order valence-corrected chi connectivity index (χ2v) is 6.24. The first-order valence-electron chi connectivity index (χ1n) is 5.95. The van der Waals surface area contributed by atoms with Gasteiger partial charge < -0.3 is 10.1 Å². The van der Waals surface area contributed by atoms with Crippen LogP contribution >= 0.6 is 0 Å². The highest BCUT2D eigenvalue weighted by Gasteiger charge is 2.14. The van der Waals surface area contributed by atoms with E-state index in [4.69, 9.17) is 9.88 Å². The molecule has 1 aromatic carbocycles. The number of benzene rings is 1. The van der Waals surface area contributed by atoms with E-state index in [0.717, 1.165) is 24.3 Å². The van der Waals surface area contributed by atoms with Crippen molar-refractivity contribution in [2.75, 3.05) is 18.9 Å². The summed E-state index contributed by atoms with van der Waals surface area (Å²) < 4.78 is 27.1. The zero-order valence-corrected chi connectivity index (χ0v) is 11.2. The van der Waals surface area contributed by atoms with Gasteiger partial charge in [-0.1, -0.05) is 12.1 Å². The SMILES string of the molecule is CC(NCCS(N)(=O)=O)c1ccc2c(c1)CCO2. The molecule has 0 radical (unpaired) electrons. The van der Waals surface area contributed by atoms with Gasteiger partial charge in [0.1, 0.15) is 5.75 Å². The first-order valence-corrected chi connectivity index (χ1v) is 7.67. The summed E-state index contributed by atoms with van der Waals surface area (Å²) >= 11 is 0. The average Bonchev–Trinajstić information content (AvgIpc) is 2.73. The lowest BCUT2D eigenvalue weighted by molar-refractivity contribution is 0.356. The molecule has 1 aliphatic heterocycles. The van der Waals surface area contributed by atoms with Crippen LogP contribution in [0.3, 0.4) is 0 Å². The van der Waals surface area contributed by atoms with Gasteiger partial charge in [-0.2, -0.15) is 0 Å². The Morgan fingerprint density at radius 3 is 3.00 bits per heavy atom. The normalized spacial score (nSPS) is 16.1. The van der Waals surface area contributed by atoms with E-state index in [1.54, 1.807) is 0 Å². The maximum Gasteiger partial charge on any atom is 0.210 e. The Labute approximate surface area is 107 Å². The van der Waals surface area contributed by atoms with Gasteiger partial charge in [0.15, 0.2) is 0 Å². The summed E-state index contributed by atoms with van der Waals surface area (Å²) in [5, 5.41) is 8.10. The van der Waals surface area contributed by atoms with Gasteiger partial charge in [-0.05, 0) is 24.1 Å². The molecular formula is C12H18N2O3S. The van der Waals surface area contributed by atoms with E-state index < -0.39 is 10.0 Å². The minimum Gasteiger partial charge on any atom is -0.493 e. The standard InChI is InChI=1S/C12H18N2O3S/c1-9(14-5-7-18(13,15)16)10-2-3-12-11(8-10)4-6-17-12/h2-3,8-9,14H,4-7H2,1H3,(H2,13,15,16). The molecule has 1 heterocycles. The van der Waals surface area contributed by atoms with Crippen molar-refractivity contribution in [2.45, 2.75) is 19.4 Å². The van der Waals surface area contributed by atoms with Crippen LogP contribution in [0.5, 0.6) is 5.75 Å². The quantitative estimate of drug-likeness (QED) is 0.819. The van der Waals surface area contributed by atoms with Crippen LogP contribution in [-0.4, -0.2) is 27.3 Å². The van der Waals surface area contributed by atoms with Crippen molar-refractivity contribution in [3.05, 3.63) is 29.3 Å². The lowest BCUT2D eigenvalue weighted by Crippen LogP contribution is -2.28. The molecule has 1 aliphatic rings. The zero-order chi connectivity index (χ0) is 13.2. The number of primary sulfonamides is 1. The third kappa shape index (κ3) is 3.44. The van der Waals surface area contributed by atoms with Gasteiger partial charge in [-0.25, -0.2) is 13.6 Å². The Morgan fingerprint density at radius 1 is 1.50 bits per heavy atom. The number of rotatable bonds is 5. The van der Waals surface area contributed by atoms with E-state index >= 15 is 0 Å². The number of fused-ring (bicyclic) bond motifs is 1. The summed E-state index contributed by atoms with van der Waals surface area (Å²) in [6, 6.07) is 6.17. The highest BCUT2D eigenvalue weighted by Crippen LogP contribution is 2.27. The summed E-state index contributed by atoms with van der Waals surface area (Å²) in [6.45, 7) is 3.10. The van der Waals surface area contributed by atoms with Crippen LogP contribution in [-0.2, 0) is 16.4 Å². The molecule has 0 saturated carbocycles. The number of ether oxygens (including phenoxy) is 1. The number of sulfonamides is 1. The highest BCUT2D eigenvalue weighted by molar-refractivity contribution is 7.89. The molecule has 0 fully saturated rings. The first kappa shape index (κ1) is 13.3. The first-order chi connectivity index (χ1) is 8.46. The minimum absolute atomic E-state index is 0.0502. The van der Waals surface area contributed by atoms with Crippen LogP contribution in [0.1, 0.15) is 24.1 Å². The van der Waals surface area contributed by atoms with Crippen molar-refractivity contribution in [3.8, 4) is 5.75 Å². The Hall–Kier alpha value is -1.11. The highest BCUT2D eigenvalue weighted by atomic mass is 32.2. The van der Waals surface area contributed by atoms with Crippen LogP contribution in [0.15, 0.2) is 18.2 Å². The second-order valence-electron chi connectivity index (χ2n) is 4.51. The molecule has 1 unspecified atom stereocenters. The summed E-state index contributed by atoms with van der Waals surface area (Å²) in [6.07, 6.45) is 0.938. The smallest absolute Gasteiger partial charge is 0.210 e. The Kier molecular flexibility index (Phi) is 3.89. The van der Waals surface area contributed by atoms with Gasteiger partial charge in [-0.15, -0.1) is 0 Å². The van der Waals surface area contributed by atoms with Gasteiger partial charge in [0, 0.05) is 19.0 Å². The van der Waals surface area contributed by atoms with E-state index in [1.165, 1.54) is 5.56 Å². The average molecular weight is 270 g/mol. The molecule has 18 heavy (non-hydrogen) atoms. The number of nitrogens with two attached hydrogens (primary N) is 1. The predicted octanol–water partition coefficient (Wildman–Crippen LogP) is 0.561. The molecular weight excluding hydrogens is 252 g/mol. The molecule has 0 aliphatic carbocycles. The van der Waals surface area contributed by atoms with E-state index in [1.807, 2.05) is 19.1 Å². The maximum absolute atomic E-state index is 10.8. The second kappa shape index (κ2) is 5.26. The Bertz CT molecular complexity index is 528. The molecule has 0 spiro atoms. The minimum atomic E-state index is -3.39. The molecule has 6 heteroatoms. The van der Waals surface area contributed by atoms with Crippen LogP contribution in [0.2, 0.25) is 0 Å². The van der Waals surface area contributed by atoms with Crippen molar-refractivity contribution in [1.29, 1.82) is 0 Å². The van der Waals surface area contributed by atoms with Crippen molar-refractivity contribution in [3.63, 3.8) is 0 Å². The van der Waals surface area contributed by atoms with Gasteiger partial charge in [0.2, 0.25) is 10.0 Å². The molecule has 100 valence electrons. The number of nitrogens with one attached hydrogen (secondary N) is 1. The van der Waals surface area contributed by atoms with Crippen LogP contribution in [0.25, 0.3) is 0 Å². The fourth-order valence-electron chi connectivity index (χ4n) is 2.01. The van der Waals surface area contributed by atoms with Crippen molar-refractivity contribution in [1.82, 2.24) is 5.32 Å². The van der Waals surface area contributed by atoms with Gasteiger partial charge in [0.25, 0.3) is 0 Å². The molecule has 3 N–H and O–H groups in total. The molecule has 2 rings (SSSR count).